The highest BCUT2D eigenvalue weighted by Gasteiger charge is 2.25. The normalized spacial score (nSPS) is 12.1. The van der Waals surface area contributed by atoms with Gasteiger partial charge in [0.05, 0.1) is 4.90 Å². The lowest BCUT2D eigenvalue weighted by molar-refractivity contribution is 0.418. The van der Waals surface area contributed by atoms with Crippen LogP contribution < -0.4 is 0 Å². The lowest BCUT2D eigenvalue weighted by Crippen LogP contribution is -2.31. The van der Waals surface area contributed by atoms with Gasteiger partial charge in [-0.1, -0.05) is 25.4 Å². The van der Waals surface area contributed by atoms with Crippen LogP contribution in [0.4, 0.5) is 0 Å². The third-order valence-electron chi connectivity index (χ3n) is 5.22. The fourth-order valence-corrected chi connectivity index (χ4v) is 4.94. The van der Waals surface area contributed by atoms with Crippen LogP contribution in [-0.2, 0) is 10.0 Å². The van der Waals surface area contributed by atoms with Crippen molar-refractivity contribution >= 4 is 21.0 Å². The van der Waals surface area contributed by atoms with Gasteiger partial charge in [0.25, 0.3) is 5.89 Å². The van der Waals surface area contributed by atoms with Gasteiger partial charge in [-0.3, -0.25) is 4.98 Å². The molecule has 0 atom stereocenters. The van der Waals surface area contributed by atoms with Crippen LogP contribution in [0.2, 0.25) is 0 Å². The highest BCUT2D eigenvalue weighted by atomic mass is 32.2. The van der Waals surface area contributed by atoms with Gasteiger partial charge in [0.15, 0.2) is 5.76 Å². The molecule has 0 unspecified atom stereocenters. The minimum absolute atomic E-state index is 0.239. The summed E-state index contributed by atoms with van der Waals surface area (Å²) in [5.41, 5.74) is 2.08. The minimum atomic E-state index is -3.58. The molecule has 0 aliphatic carbocycles. The zero-order chi connectivity index (χ0) is 22.0. The molecule has 162 valence electrons. The Morgan fingerprint density at radius 2 is 1.87 bits per heavy atom. The predicted molar refractivity (Wildman–Crippen MR) is 117 cm³/mol. The van der Waals surface area contributed by atoms with Crippen LogP contribution in [0.25, 0.3) is 34.0 Å². The van der Waals surface area contributed by atoms with Gasteiger partial charge in [0.2, 0.25) is 15.8 Å². The molecule has 0 amide bonds. The van der Waals surface area contributed by atoms with Crippen molar-refractivity contribution in [1.29, 1.82) is 0 Å². The van der Waals surface area contributed by atoms with Crippen molar-refractivity contribution in [3.63, 3.8) is 0 Å². The van der Waals surface area contributed by atoms with Crippen LogP contribution in [0.3, 0.4) is 0 Å². The quantitative estimate of drug-likeness (QED) is 0.392. The Morgan fingerprint density at radius 3 is 2.58 bits per heavy atom. The van der Waals surface area contributed by atoms with Crippen LogP contribution in [0, 0.1) is 6.92 Å². The molecule has 0 N–H and O–H groups in total. The van der Waals surface area contributed by atoms with E-state index >= 15 is 0 Å². The van der Waals surface area contributed by atoms with Crippen molar-refractivity contribution in [2.45, 2.75) is 38.5 Å². The number of aryl methyl sites for hydroxylation is 1. The molecule has 4 aromatic rings. The van der Waals surface area contributed by atoms with Gasteiger partial charge in [-0.2, -0.15) is 9.29 Å². The predicted octanol–water partition coefficient (Wildman–Crippen LogP) is 4.66. The van der Waals surface area contributed by atoms with Crippen molar-refractivity contribution in [2.24, 2.45) is 0 Å². The molecule has 9 heteroatoms. The van der Waals surface area contributed by atoms with Crippen LogP contribution in [0.1, 0.15) is 32.3 Å². The van der Waals surface area contributed by atoms with Gasteiger partial charge in [0, 0.05) is 42.0 Å². The minimum Gasteiger partial charge on any atom is -0.451 e. The molecule has 0 saturated heterocycles. The fourth-order valence-electron chi connectivity index (χ4n) is 3.43. The van der Waals surface area contributed by atoms with Crippen molar-refractivity contribution in [2.75, 3.05) is 13.1 Å². The lowest BCUT2D eigenvalue weighted by atomic mass is 10.1. The molecule has 0 radical (unpaired) electrons. The summed E-state index contributed by atoms with van der Waals surface area (Å²) in [7, 11) is -3.58. The number of hydrogen-bond acceptors (Lipinski definition) is 7. The Hall–Kier alpha value is -3.04. The maximum absolute atomic E-state index is 13.1. The second-order valence-electron chi connectivity index (χ2n) is 7.22. The largest absolute Gasteiger partial charge is 0.451 e. The van der Waals surface area contributed by atoms with Crippen molar-refractivity contribution < 1.29 is 17.4 Å². The summed E-state index contributed by atoms with van der Waals surface area (Å²) in [5.74, 6) is 1.09. The Labute approximate surface area is 181 Å². The molecule has 4 rings (SSSR count). The molecule has 1 aromatic carbocycles. The summed E-state index contributed by atoms with van der Waals surface area (Å²) in [4.78, 5) is 8.66. The number of sulfonamides is 1. The van der Waals surface area contributed by atoms with Gasteiger partial charge >= 0.3 is 0 Å². The first-order valence-electron chi connectivity index (χ1n) is 10.2. The number of aromatic nitrogens is 3. The number of nitrogens with zero attached hydrogens (tertiary/aromatic N) is 4. The van der Waals surface area contributed by atoms with E-state index in [2.05, 4.69) is 15.1 Å². The van der Waals surface area contributed by atoms with Crippen LogP contribution in [0.15, 0.2) is 56.6 Å². The van der Waals surface area contributed by atoms with E-state index in [0.29, 0.717) is 35.6 Å². The highest BCUT2D eigenvalue weighted by Crippen LogP contribution is 2.34. The van der Waals surface area contributed by atoms with Gasteiger partial charge in [-0.05, 0) is 43.7 Å². The maximum atomic E-state index is 13.1. The monoisotopic (exact) mass is 440 g/mol. The third-order valence-corrected chi connectivity index (χ3v) is 7.19. The summed E-state index contributed by atoms with van der Waals surface area (Å²) >= 11 is 0. The first-order valence-corrected chi connectivity index (χ1v) is 11.7. The van der Waals surface area contributed by atoms with E-state index in [1.54, 1.807) is 42.7 Å². The smallest absolute Gasteiger partial charge is 0.294 e. The van der Waals surface area contributed by atoms with E-state index in [0.717, 1.165) is 24.0 Å². The van der Waals surface area contributed by atoms with E-state index in [1.165, 1.54) is 4.31 Å². The third kappa shape index (κ3) is 3.98. The molecule has 8 nitrogen and oxygen atoms in total. The standard InChI is InChI=1S/C22H24N4O4S/c1-4-6-13-26(5-2)31(27,28)17-7-8-19-18(14-17)15(3)20(29-19)22-24-21(25-30-22)16-9-11-23-12-10-16/h7-12,14H,4-6,13H2,1-3H3. The molecule has 0 spiro atoms. The molecule has 3 aromatic heterocycles. The number of benzene rings is 1. The summed E-state index contributed by atoms with van der Waals surface area (Å²) in [5, 5.41) is 4.72. The molecule has 0 fully saturated rings. The van der Waals surface area contributed by atoms with Gasteiger partial charge in [-0.15, -0.1) is 0 Å². The summed E-state index contributed by atoms with van der Waals surface area (Å²) in [6.45, 7) is 6.67. The number of pyridine rings is 1. The van der Waals surface area contributed by atoms with Crippen molar-refractivity contribution in [3.8, 4) is 23.0 Å². The molecular formula is C22H24N4O4S. The maximum Gasteiger partial charge on any atom is 0.294 e. The summed E-state index contributed by atoms with van der Waals surface area (Å²) in [6.07, 6.45) is 5.06. The average Bonchev–Trinajstić information content (AvgIpc) is 3.39. The SMILES string of the molecule is CCCCN(CC)S(=O)(=O)c1ccc2oc(-c3nc(-c4ccncc4)no3)c(C)c2c1. The first kappa shape index (κ1) is 21.2. The number of fused-ring (bicyclic) bond motifs is 1. The van der Waals surface area contributed by atoms with E-state index in [9.17, 15) is 8.42 Å². The van der Waals surface area contributed by atoms with E-state index in [-0.39, 0.29) is 10.8 Å². The molecular weight excluding hydrogens is 416 g/mol. The second-order valence-corrected chi connectivity index (χ2v) is 9.16. The van der Waals surface area contributed by atoms with E-state index in [4.69, 9.17) is 8.94 Å². The lowest BCUT2D eigenvalue weighted by Gasteiger charge is -2.20. The number of rotatable bonds is 8. The van der Waals surface area contributed by atoms with E-state index < -0.39 is 10.0 Å². The number of unbranched alkanes of at least 4 members (excludes halogenated alkanes) is 1. The molecule has 0 saturated carbocycles. The topological polar surface area (TPSA) is 102 Å². The molecule has 3 heterocycles. The average molecular weight is 441 g/mol. The van der Waals surface area contributed by atoms with E-state index in [1.807, 2.05) is 20.8 Å². The summed E-state index contributed by atoms with van der Waals surface area (Å²) < 4.78 is 39.1. The van der Waals surface area contributed by atoms with Crippen LogP contribution in [0.5, 0.6) is 0 Å². The van der Waals surface area contributed by atoms with Crippen LogP contribution in [-0.4, -0.2) is 40.9 Å². The fraction of sp³-hybridized carbons (Fsp3) is 0.318. The zero-order valence-corrected chi connectivity index (χ0v) is 18.5. The Balaban J connectivity index is 1.72. The number of hydrogen-bond donors (Lipinski definition) is 0. The van der Waals surface area contributed by atoms with Crippen molar-refractivity contribution in [1.82, 2.24) is 19.4 Å². The van der Waals surface area contributed by atoms with Crippen LogP contribution >= 0.6 is 0 Å². The molecule has 0 aliphatic rings. The highest BCUT2D eigenvalue weighted by molar-refractivity contribution is 7.89. The van der Waals surface area contributed by atoms with Gasteiger partial charge in [-0.25, -0.2) is 8.42 Å². The molecule has 0 bridgehead atoms. The number of furan rings is 1. The van der Waals surface area contributed by atoms with Gasteiger partial charge < -0.3 is 8.94 Å². The first-order chi connectivity index (χ1) is 15.0. The zero-order valence-electron chi connectivity index (χ0n) is 17.7. The molecule has 31 heavy (non-hydrogen) atoms. The Bertz CT molecular complexity index is 1300. The Kier molecular flexibility index (Phi) is 5.88. The van der Waals surface area contributed by atoms with Gasteiger partial charge in [0.1, 0.15) is 5.58 Å². The molecule has 0 aliphatic heterocycles. The second kappa shape index (κ2) is 8.60. The van der Waals surface area contributed by atoms with Crippen molar-refractivity contribution in [3.05, 3.63) is 48.3 Å². The Morgan fingerprint density at radius 1 is 1.10 bits per heavy atom. The summed E-state index contributed by atoms with van der Waals surface area (Å²) in [6, 6.07) is 8.48.